The molecule has 0 radical (unpaired) electrons. The summed E-state index contributed by atoms with van der Waals surface area (Å²) in [5.41, 5.74) is 8.81. The quantitative estimate of drug-likeness (QED) is 0.460. The van der Waals surface area contributed by atoms with E-state index in [2.05, 4.69) is 26.7 Å². The van der Waals surface area contributed by atoms with Crippen LogP contribution in [0.4, 0.5) is 9.18 Å². The maximum absolute atomic E-state index is 12.7. The minimum Gasteiger partial charge on any atom is -0.314 e. The topological polar surface area (TPSA) is 77.5 Å². The second-order valence-corrected chi connectivity index (χ2v) is 3.95. The molecular formula is C11H14FN5O. The van der Waals surface area contributed by atoms with Crippen molar-refractivity contribution in [3.63, 3.8) is 0 Å². The summed E-state index contributed by atoms with van der Waals surface area (Å²) in [6.45, 7) is 1.89. The molecule has 96 valence electrons. The summed E-state index contributed by atoms with van der Waals surface area (Å²) in [5, 5.41) is 6.66. The molecule has 1 aromatic rings. The smallest absolute Gasteiger partial charge is 0.314 e. The van der Waals surface area contributed by atoms with E-state index in [0.717, 1.165) is 5.56 Å². The van der Waals surface area contributed by atoms with E-state index in [1.165, 1.54) is 12.1 Å². The Morgan fingerprint density at radius 2 is 2.11 bits per heavy atom. The van der Waals surface area contributed by atoms with Crippen LogP contribution in [0, 0.1) is 5.82 Å². The molecule has 2 atom stereocenters. The van der Waals surface area contributed by atoms with Crippen molar-refractivity contribution in [2.45, 2.75) is 19.1 Å². The lowest BCUT2D eigenvalue weighted by Gasteiger charge is -2.30. The summed E-state index contributed by atoms with van der Waals surface area (Å²) < 4.78 is 12.7. The highest BCUT2D eigenvalue weighted by molar-refractivity contribution is 5.79. The number of amides is 2. The third-order valence-electron chi connectivity index (χ3n) is 2.50. The molecule has 1 fully saturated rings. The molecule has 2 amide bonds. The van der Waals surface area contributed by atoms with Crippen LogP contribution in [0.3, 0.4) is 0 Å². The van der Waals surface area contributed by atoms with Crippen LogP contribution in [0.2, 0.25) is 0 Å². The standard InChI is InChI=1S/C11H14FN5O/c1-7-10(14-11(18)17-15-7)16-13-6-8-2-4-9(12)5-3-8/h2-7,10,15-16H,1H3,(H2,14,17,18)/b13-6+. The van der Waals surface area contributed by atoms with Crippen molar-refractivity contribution in [3.05, 3.63) is 35.6 Å². The first-order chi connectivity index (χ1) is 8.65. The summed E-state index contributed by atoms with van der Waals surface area (Å²) in [7, 11) is 0. The van der Waals surface area contributed by atoms with Gasteiger partial charge in [-0.15, -0.1) is 0 Å². The molecule has 7 heteroatoms. The summed E-state index contributed by atoms with van der Waals surface area (Å²) in [5.74, 6) is -0.288. The van der Waals surface area contributed by atoms with E-state index in [4.69, 9.17) is 0 Å². The number of benzene rings is 1. The lowest BCUT2D eigenvalue weighted by Crippen LogP contribution is -2.67. The van der Waals surface area contributed by atoms with Crippen LogP contribution in [0.1, 0.15) is 12.5 Å². The van der Waals surface area contributed by atoms with Gasteiger partial charge in [0.15, 0.2) is 0 Å². The largest absolute Gasteiger partial charge is 0.330 e. The van der Waals surface area contributed by atoms with Gasteiger partial charge in [-0.3, -0.25) is 10.9 Å². The zero-order chi connectivity index (χ0) is 13.0. The Kier molecular flexibility index (Phi) is 3.73. The molecular weight excluding hydrogens is 237 g/mol. The fraction of sp³-hybridized carbons (Fsp3) is 0.273. The van der Waals surface area contributed by atoms with Crippen LogP contribution < -0.4 is 21.6 Å². The molecule has 0 aliphatic carbocycles. The van der Waals surface area contributed by atoms with Crippen molar-refractivity contribution >= 4 is 12.2 Å². The number of nitrogens with one attached hydrogen (secondary N) is 4. The molecule has 0 bridgehead atoms. The highest BCUT2D eigenvalue weighted by atomic mass is 19.1. The molecule has 18 heavy (non-hydrogen) atoms. The molecule has 2 rings (SSSR count). The molecule has 1 heterocycles. The fourth-order valence-corrected chi connectivity index (χ4v) is 1.45. The number of hydrazine groups is 1. The average molecular weight is 251 g/mol. The summed E-state index contributed by atoms with van der Waals surface area (Å²) in [4.78, 5) is 11.1. The first-order valence-corrected chi connectivity index (χ1v) is 5.51. The number of hydrogen-bond donors (Lipinski definition) is 4. The van der Waals surface area contributed by atoms with E-state index in [1.807, 2.05) is 6.92 Å². The van der Waals surface area contributed by atoms with E-state index >= 15 is 0 Å². The Bertz CT molecular complexity index is 447. The average Bonchev–Trinajstić information content (AvgIpc) is 2.36. The molecule has 1 aliphatic rings. The molecule has 0 spiro atoms. The summed E-state index contributed by atoms with van der Waals surface area (Å²) in [6, 6.07) is 5.61. The van der Waals surface area contributed by atoms with Gasteiger partial charge in [-0.25, -0.2) is 14.6 Å². The molecule has 1 saturated heterocycles. The monoisotopic (exact) mass is 251 g/mol. The number of carbonyl (C=O) groups excluding carboxylic acids is 1. The molecule has 6 nitrogen and oxygen atoms in total. The number of carbonyl (C=O) groups is 1. The second kappa shape index (κ2) is 5.46. The van der Waals surface area contributed by atoms with Crippen LogP contribution in [-0.2, 0) is 0 Å². The Morgan fingerprint density at radius 3 is 2.83 bits per heavy atom. The van der Waals surface area contributed by atoms with E-state index < -0.39 is 0 Å². The lowest BCUT2D eigenvalue weighted by atomic mass is 10.2. The Labute approximate surface area is 104 Å². The van der Waals surface area contributed by atoms with Crippen LogP contribution >= 0.6 is 0 Å². The molecule has 0 saturated carbocycles. The Balaban J connectivity index is 1.90. The summed E-state index contributed by atoms with van der Waals surface area (Å²) >= 11 is 0. The van der Waals surface area contributed by atoms with Gasteiger partial charge in [0.05, 0.1) is 12.3 Å². The minimum atomic E-state index is -0.317. The van der Waals surface area contributed by atoms with Crippen molar-refractivity contribution < 1.29 is 9.18 Å². The van der Waals surface area contributed by atoms with E-state index in [-0.39, 0.29) is 24.1 Å². The molecule has 2 unspecified atom stereocenters. The summed E-state index contributed by atoms with van der Waals surface area (Å²) in [6.07, 6.45) is 1.25. The predicted molar refractivity (Wildman–Crippen MR) is 65.2 cm³/mol. The second-order valence-electron chi connectivity index (χ2n) is 3.95. The van der Waals surface area contributed by atoms with Gasteiger partial charge in [0.2, 0.25) is 0 Å². The van der Waals surface area contributed by atoms with E-state index in [0.29, 0.717) is 0 Å². The zero-order valence-corrected chi connectivity index (χ0v) is 9.77. The van der Waals surface area contributed by atoms with Crippen molar-refractivity contribution in [2.24, 2.45) is 5.10 Å². The third-order valence-corrected chi connectivity index (χ3v) is 2.50. The maximum Gasteiger partial charge on any atom is 0.330 e. The van der Waals surface area contributed by atoms with Gasteiger partial charge in [0.1, 0.15) is 12.0 Å². The Morgan fingerprint density at radius 1 is 1.39 bits per heavy atom. The number of rotatable bonds is 3. The van der Waals surface area contributed by atoms with Crippen molar-refractivity contribution in [1.82, 2.24) is 21.6 Å². The maximum atomic E-state index is 12.7. The molecule has 1 aliphatic heterocycles. The van der Waals surface area contributed by atoms with Crippen molar-refractivity contribution in [3.8, 4) is 0 Å². The molecule has 4 N–H and O–H groups in total. The predicted octanol–water partition coefficient (Wildman–Crippen LogP) is 0.281. The zero-order valence-electron chi connectivity index (χ0n) is 9.77. The van der Waals surface area contributed by atoms with E-state index in [9.17, 15) is 9.18 Å². The van der Waals surface area contributed by atoms with Crippen LogP contribution in [0.15, 0.2) is 29.4 Å². The SMILES string of the molecule is CC1NNC(=O)NC1N/N=C/c1ccc(F)cc1. The highest BCUT2D eigenvalue weighted by Crippen LogP contribution is 1.99. The van der Waals surface area contributed by atoms with Gasteiger partial charge in [-0.05, 0) is 24.6 Å². The fourth-order valence-electron chi connectivity index (χ4n) is 1.45. The normalized spacial score (nSPS) is 23.6. The van der Waals surface area contributed by atoms with Gasteiger partial charge >= 0.3 is 6.03 Å². The van der Waals surface area contributed by atoms with Crippen LogP contribution in [0.5, 0.6) is 0 Å². The van der Waals surface area contributed by atoms with Gasteiger partial charge in [-0.2, -0.15) is 5.10 Å². The minimum absolute atomic E-state index is 0.0203. The number of urea groups is 1. The molecule has 0 aromatic heterocycles. The van der Waals surface area contributed by atoms with Crippen molar-refractivity contribution in [1.29, 1.82) is 0 Å². The number of nitrogens with zero attached hydrogens (tertiary/aromatic N) is 1. The highest BCUT2D eigenvalue weighted by Gasteiger charge is 2.23. The lowest BCUT2D eigenvalue weighted by molar-refractivity contribution is 0.202. The first-order valence-electron chi connectivity index (χ1n) is 5.51. The number of hydrogen-bond acceptors (Lipinski definition) is 4. The van der Waals surface area contributed by atoms with Gasteiger partial charge in [-0.1, -0.05) is 12.1 Å². The number of hydrazone groups is 1. The number of halogens is 1. The van der Waals surface area contributed by atoms with Crippen LogP contribution in [0.25, 0.3) is 0 Å². The van der Waals surface area contributed by atoms with Crippen LogP contribution in [-0.4, -0.2) is 24.5 Å². The van der Waals surface area contributed by atoms with Crippen molar-refractivity contribution in [2.75, 3.05) is 0 Å². The molecule has 1 aromatic carbocycles. The third kappa shape index (κ3) is 3.17. The first kappa shape index (κ1) is 12.3. The van der Waals surface area contributed by atoms with E-state index in [1.54, 1.807) is 18.3 Å². The Hall–Kier alpha value is -2.15. The van der Waals surface area contributed by atoms with Gasteiger partial charge < -0.3 is 5.32 Å². The van der Waals surface area contributed by atoms with Gasteiger partial charge in [0, 0.05) is 0 Å². The van der Waals surface area contributed by atoms with Gasteiger partial charge in [0.25, 0.3) is 0 Å².